The van der Waals surface area contributed by atoms with Crippen molar-refractivity contribution in [3.63, 3.8) is 0 Å². The smallest absolute Gasteiger partial charge is 0.325 e. The fourth-order valence-electron chi connectivity index (χ4n) is 1.97. The van der Waals surface area contributed by atoms with E-state index in [2.05, 4.69) is 0 Å². The van der Waals surface area contributed by atoms with E-state index >= 15 is 0 Å². The van der Waals surface area contributed by atoms with E-state index in [9.17, 15) is 4.79 Å². The summed E-state index contributed by atoms with van der Waals surface area (Å²) in [7, 11) is 0. The molecule has 3 nitrogen and oxygen atoms in total. The normalized spacial score (nSPS) is 34.8. The van der Waals surface area contributed by atoms with Crippen LogP contribution in [-0.2, 0) is 9.53 Å². The zero-order chi connectivity index (χ0) is 9.64. The first kappa shape index (κ1) is 9.56. The van der Waals surface area contributed by atoms with Crippen LogP contribution in [0, 0.1) is 0 Å². The maximum Gasteiger partial charge on any atom is 0.325 e. The van der Waals surface area contributed by atoms with E-state index < -0.39 is 10.6 Å². The van der Waals surface area contributed by atoms with Gasteiger partial charge in [0.2, 0.25) is 0 Å². The molecule has 2 aliphatic rings. The highest BCUT2D eigenvalue weighted by Gasteiger charge is 2.51. The second kappa shape index (κ2) is 3.01. The minimum atomic E-state index is -1.02. The second-order valence-electron chi connectivity index (χ2n) is 3.64. The number of ether oxygens (including phenoxy) is 1. The average molecular weight is 224 g/mol. The number of halogens is 2. The van der Waals surface area contributed by atoms with Gasteiger partial charge < -0.3 is 4.74 Å². The molecule has 2 unspecified atom stereocenters. The molecular weight excluding hydrogens is 213 g/mol. The molecule has 2 rings (SSSR count). The molecule has 2 atom stereocenters. The van der Waals surface area contributed by atoms with Crippen molar-refractivity contribution < 1.29 is 9.53 Å². The summed E-state index contributed by atoms with van der Waals surface area (Å²) in [6.07, 6.45) is 1.40. The van der Waals surface area contributed by atoms with Crippen molar-refractivity contribution in [3.8, 4) is 0 Å². The zero-order valence-corrected chi connectivity index (χ0v) is 8.81. The third kappa shape index (κ3) is 1.53. The van der Waals surface area contributed by atoms with Crippen molar-refractivity contribution in [1.82, 2.24) is 4.90 Å². The van der Waals surface area contributed by atoms with Crippen LogP contribution in [0.5, 0.6) is 0 Å². The molecule has 0 saturated carbocycles. The molecule has 0 N–H and O–H groups in total. The molecule has 0 radical (unpaired) electrons. The molecule has 0 spiro atoms. The Morgan fingerprint density at radius 3 is 2.92 bits per heavy atom. The van der Waals surface area contributed by atoms with Crippen molar-refractivity contribution in [2.24, 2.45) is 0 Å². The summed E-state index contributed by atoms with van der Waals surface area (Å²) < 4.78 is 4.10. The van der Waals surface area contributed by atoms with Crippen LogP contribution in [-0.4, -0.2) is 34.0 Å². The molecule has 0 aromatic rings. The molecule has 0 aliphatic carbocycles. The summed E-state index contributed by atoms with van der Waals surface area (Å²) in [4.78, 5) is 13.3. The van der Waals surface area contributed by atoms with Gasteiger partial charge in [-0.25, -0.2) is 0 Å². The SMILES string of the molecule is CC(Cl)(Cl)C1OC(=O)C2CCCN21. The monoisotopic (exact) mass is 223 g/mol. The van der Waals surface area contributed by atoms with Crippen LogP contribution in [0.25, 0.3) is 0 Å². The van der Waals surface area contributed by atoms with Crippen molar-refractivity contribution in [2.45, 2.75) is 36.4 Å². The lowest BCUT2D eigenvalue weighted by Crippen LogP contribution is -2.42. The number of rotatable bonds is 1. The highest BCUT2D eigenvalue weighted by Crippen LogP contribution is 2.38. The lowest BCUT2D eigenvalue weighted by atomic mass is 10.2. The van der Waals surface area contributed by atoms with Crippen LogP contribution in [0.15, 0.2) is 0 Å². The van der Waals surface area contributed by atoms with Gasteiger partial charge in [-0.05, 0) is 19.8 Å². The maximum atomic E-state index is 11.3. The molecule has 2 heterocycles. The van der Waals surface area contributed by atoms with Crippen LogP contribution in [0.2, 0.25) is 0 Å². The first-order valence-corrected chi connectivity index (χ1v) is 5.10. The first-order valence-electron chi connectivity index (χ1n) is 4.34. The van der Waals surface area contributed by atoms with Crippen molar-refractivity contribution >= 4 is 29.2 Å². The Bertz CT molecular complexity index is 239. The van der Waals surface area contributed by atoms with E-state index in [-0.39, 0.29) is 12.0 Å². The number of alkyl halides is 2. The van der Waals surface area contributed by atoms with Crippen LogP contribution in [0.4, 0.5) is 0 Å². The molecule has 2 aliphatic heterocycles. The minimum Gasteiger partial charge on any atom is -0.442 e. The number of carbonyl (C=O) groups excluding carboxylic acids is 1. The van der Waals surface area contributed by atoms with Crippen LogP contribution < -0.4 is 0 Å². The molecule has 2 fully saturated rings. The second-order valence-corrected chi connectivity index (χ2v) is 5.41. The first-order chi connectivity index (χ1) is 6.00. The number of cyclic esters (lactones) is 1. The molecule has 0 amide bonds. The van der Waals surface area contributed by atoms with Gasteiger partial charge in [-0.2, -0.15) is 0 Å². The Morgan fingerprint density at radius 1 is 1.62 bits per heavy atom. The van der Waals surface area contributed by atoms with Gasteiger partial charge >= 0.3 is 5.97 Å². The van der Waals surface area contributed by atoms with Gasteiger partial charge in [0.25, 0.3) is 0 Å². The summed E-state index contributed by atoms with van der Waals surface area (Å²) in [5.74, 6) is -0.185. The van der Waals surface area contributed by atoms with Crippen LogP contribution in [0.1, 0.15) is 19.8 Å². The summed E-state index contributed by atoms with van der Waals surface area (Å²) in [5, 5.41) is 0. The standard InChI is InChI=1S/C8H11Cl2NO2/c1-8(9,10)7-11-4-2-3-5(11)6(12)13-7/h5,7H,2-4H2,1H3. The van der Waals surface area contributed by atoms with Gasteiger partial charge in [0, 0.05) is 6.54 Å². The quantitative estimate of drug-likeness (QED) is 0.499. The molecule has 0 bridgehead atoms. The number of hydrogen-bond acceptors (Lipinski definition) is 3. The fourth-order valence-corrected chi connectivity index (χ4v) is 2.31. The Morgan fingerprint density at radius 2 is 2.31 bits per heavy atom. The third-order valence-electron chi connectivity index (χ3n) is 2.53. The third-order valence-corrected chi connectivity index (χ3v) is 2.90. The minimum absolute atomic E-state index is 0.109. The average Bonchev–Trinajstić information content (AvgIpc) is 2.51. The fraction of sp³-hybridized carbons (Fsp3) is 0.875. The largest absolute Gasteiger partial charge is 0.442 e. The van der Waals surface area contributed by atoms with Crippen LogP contribution in [0.3, 0.4) is 0 Å². The molecule has 74 valence electrons. The number of hydrogen-bond donors (Lipinski definition) is 0. The predicted octanol–water partition coefficient (Wildman–Crippen LogP) is 1.53. The molecular formula is C8H11Cl2NO2. The molecule has 5 heteroatoms. The van der Waals surface area contributed by atoms with Crippen molar-refractivity contribution in [3.05, 3.63) is 0 Å². The van der Waals surface area contributed by atoms with E-state index in [0.29, 0.717) is 0 Å². The Labute approximate surface area is 86.9 Å². The highest BCUT2D eigenvalue weighted by molar-refractivity contribution is 6.48. The van der Waals surface area contributed by atoms with Crippen molar-refractivity contribution in [2.75, 3.05) is 6.54 Å². The summed E-state index contributed by atoms with van der Waals surface area (Å²) in [6.45, 7) is 2.49. The van der Waals surface area contributed by atoms with E-state index in [1.165, 1.54) is 0 Å². The molecule has 0 aromatic heterocycles. The van der Waals surface area contributed by atoms with Crippen molar-refractivity contribution in [1.29, 1.82) is 0 Å². The van der Waals surface area contributed by atoms with Gasteiger partial charge in [-0.3, -0.25) is 9.69 Å². The number of nitrogens with zero attached hydrogens (tertiary/aromatic N) is 1. The predicted molar refractivity (Wildman–Crippen MR) is 49.7 cm³/mol. The van der Waals surface area contributed by atoms with Crippen LogP contribution >= 0.6 is 23.2 Å². The van der Waals surface area contributed by atoms with E-state index in [1.54, 1.807) is 6.92 Å². The Hall–Kier alpha value is 0.01000. The molecule has 13 heavy (non-hydrogen) atoms. The lowest BCUT2D eigenvalue weighted by molar-refractivity contribution is -0.143. The number of esters is 1. The summed E-state index contributed by atoms with van der Waals surface area (Å²) in [5.41, 5.74) is 0. The number of fused-ring (bicyclic) bond motifs is 1. The Balaban J connectivity index is 2.20. The summed E-state index contributed by atoms with van der Waals surface area (Å²) in [6, 6.07) is -0.109. The van der Waals surface area contributed by atoms with Gasteiger partial charge in [0.05, 0.1) is 0 Å². The summed E-state index contributed by atoms with van der Waals surface area (Å²) >= 11 is 11.8. The van der Waals surface area contributed by atoms with Gasteiger partial charge in [-0.15, -0.1) is 0 Å². The highest BCUT2D eigenvalue weighted by atomic mass is 35.5. The van der Waals surface area contributed by atoms with Gasteiger partial charge in [0.1, 0.15) is 6.04 Å². The van der Waals surface area contributed by atoms with E-state index in [1.807, 2.05) is 4.90 Å². The van der Waals surface area contributed by atoms with E-state index in [4.69, 9.17) is 27.9 Å². The van der Waals surface area contributed by atoms with Gasteiger partial charge in [-0.1, -0.05) is 23.2 Å². The van der Waals surface area contributed by atoms with Gasteiger partial charge in [0.15, 0.2) is 10.6 Å². The topological polar surface area (TPSA) is 29.5 Å². The molecule has 0 aromatic carbocycles. The number of carbonyl (C=O) groups is 1. The maximum absolute atomic E-state index is 11.3. The zero-order valence-electron chi connectivity index (χ0n) is 7.30. The Kier molecular flexibility index (Phi) is 2.21. The van der Waals surface area contributed by atoms with E-state index in [0.717, 1.165) is 19.4 Å². The molecule has 2 saturated heterocycles. The lowest BCUT2D eigenvalue weighted by Gasteiger charge is -2.27.